The van der Waals surface area contributed by atoms with Crippen LogP contribution in [0.25, 0.3) is 0 Å². The Labute approximate surface area is 157 Å². The summed E-state index contributed by atoms with van der Waals surface area (Å²) in [5.74, 6) is 0. The van der Waals surface area contributed by atoms with Crippen LogP contribution in [-0.4, -0.2) is 20.9 Å². The van der Waals surface area contributed by atoms with E-state index >= 15 is 0 Å². The van der Waals surface area contributed by atoms with E-state index in [1.54, 1.807) is 4.90 Å². The quantitative estimate of drug-likeness (QED) is 0.722. The van der Waals surface area contributed by atoms with Crippen LogP contribution in [0.4, 0.5) is 4.79 Å². The molecule has 140 valence electrons. The first-order valence-corrected chi connectivity index (χ1v) is 9.15. The van der Waals surface area contributed by atoms with Gasteiger partial charge < -0.3 is 19.1 Å². The second kappa shape index (κ2) is 8.07. The molecule has 0 fully saturated rings. The van der Waals surface area contributed by atoms with Crippen LogP contribution in [-0.2, 0) is 32.5 Å². The standard InChI is InChI=1S/C20H22N4O3/c25-20(21-8-15-5-6-16-3-1-2-4-17(16)7-15)24(9-18-11-26-13-22-18)10-19-12-27-14-23-19/h5-7,11-14H,1-4,8-10H2,(H,21,25). The van der Waals surface area contributed by atoms with Crippen LogP contribution in [0.3, 0.4) is 0 Å². The molecule has 0 saturated carbocycles. The number of carbonyl (C=O) groups excluding carboxylic acids is 1. The first kappa shape index (κ1) is 17.3. The van der Waals surface area contributed by atoms with Gasteiger partial charge in [0.2, 0.25) is 0 Å². The van der Waals surface area contributed by atoms with Crippen molar-refractivity contribution in [2.24, 2.45) is 0 Å². The van der Waals surface area contributed by atoms with Gasteiger partial charge in [-0.2, -0.15) is 0 Å². The molecule has 2 aromatic heterocycles. The molecule has 0 radical (unpaired) electrons. The Morgan fingerprint density at radius 1 is 1.00 bits per heavy atom. The molecule has 0 saturated heterocycles. The number of nitrogens with one attached hydrogen (secondary N) is 1. The third kappa shape index (κ3) is 4.36. The zero-order valence-electron chi connectivity index (χ0n) is 15.1. The molecule has 1 N–H and O–H groups in total. The van der Waals surface area contributed by atoms with Gasteiger partial charge in [-0.25, -0.2) is 14.8 Å². The number of rotatable bonds is 6. The molecule has 4 rings (SSSR count). The van der Waals surface area contributed by atoms with Crippen molar-refractivity contribution in [1.29, 1.82) is 0 Å². The van der Waals surface area contributed by atoms with Gasteiger partial charge in [0.15, 0.2) is 12.8 Å². The Morgan fingerprint density at radius 2 is 1.67 bits per heavy atom. The first-order chi connectivity index (χ1) is 13.3. The Hall–Kier alpha value is -3.09. The highest BCUT2D eigenvalue weighted by Crippen LogP contribution is 2.22. The zero-order valence-corrected chi connectivity index (χ0v) is 15.1. The maximum absolute atomic E-state index is 12.8. The molecular formula is C20H22N4O3. The van der Waals surface area contributed by atoms with Gasteiger partial charge >= 0.3 is 6.03 Å². The van der Waals surface area contributed by atoms with Crippen LogP contribution in [0.1, 0.15) is 40.9 Å². The van der Waals surface area contributed by atoms with Crippen molar-refractivity contribution in [3.8, 4) is 0 Å². The molecule has 0 bridgehead atoms. The third-order valence-corrected chi connectivity index (χ3v) is 4.82. The van der Waals surface area contributed by atoms with E-state index in [9.17, 15) is 4.79 Å². The molecule has 2 heterocycles. The average Bonchev–Trinajstić information content (AvgIpc) is 3.39. The van der Waals surface area contributed by atoms with E-state index in [2.05, 4.69) is 33.5 Å². The van der Waals surface area contributed by atoms with Gasteiger partial charge in [0.1, 0.15) is 12.5 Å². The lowest BCUT2D eigenvalue weighted by Gasteiger charge is -2.22. The average molecular weight is 366 g/mol. The number of hydrogen-bond acceptors (Lipinski definition) is 5. The number of urea groups is 1. The lowest BCUT2D eigenvalue weighted by molar-refractivity contribution is 0.190. The van der Waals surface area contributed by atoms with Crippen LogP contribution >= 0.6 is 0 Å². The molecule has 2 amide bonds. The highest BCUT2D eigenvalue weighted by molar-refractivity contribution is 5.74. The van der Waals surface area contributed by atoms with Crippen molar-refractivity contribution in [1.82, 2.24) is 20.2 Å². The maximum atomic E-state index is 12.8. The topological polar surface area (TPSA) is 84.4 Å². The van der Waals surface area contributed by atoms with Crippen molar-refractivity contribution in [2.75, 3.05) is 0 Å². The van der Waals surface area contributed by atoms with E-state index in [1.165, 1.54) is 49.3 Å². The summed E-state index contributed by atoms with van der Waals surface area (Å²) in [6, 6.07) is 6.33. The van der Waals surface area contributed by atoms with Crippen LogP contribution in [0.5, 0.6) is 0 Å². The maximum Gasteiger partial charge on any atom is 0.318 e. The monoisotopic (exact) mass is 366 g/mol. The second-order valence-corrected chi connectivity index (χ2v) is 6.78. The zero-order chi connectivity index (χ0) is 18.5. The largest absolute Gasteiger partial charge is 0.451 e. The van der Waals surface area contributed by atoms with E-state index in [0.717, 1.165) is 18.4 Å². The van der Waals surface area contributed by atoms with Crippen LogP contribution in [0, 0.1) is 0 Å². The molecular weight excluding hydrogens is 344 g/mol. The van der Waals surface area contributed by atoms with Gasteiger partial charge in [0, 0.05) is 6.54 Å². The van der Waals surface area contributed by atoms with Gasteiger partial charge in [0.25, 0.3) is 0 Å². The lowest BCUT2D eigenvalue weighted by atomic mass is 9.90. The van der Waals surface area contributed by atoms with Gasteiger partial charge in [-0.1, -0.05) is 18.2 Å². The van der Waals surface area contributed by atoms with Gasteiger partial charge in [-0.05, 0) is 42.4 Å². The van der Waals surface area contributed by atoms with Crippen molar-refractivity contribution >= 4 is 6.03 Å². The fourth-order valence-corrected chi connectivity index (χ4v) is 3.41. The van der Waals surface area contributed by atoms with Crippen LogP contribution in [0.15, 0.2) is 52.3 Å². The fourth-order valence-electron chi connectivity index (χ4n) is 3.41. The Kier molecular flexibility index (Phi) is 5.18. The number of oxazole rings is 2. The highest BCUT2D eigenvalue weighted by atomic mass is 16.3. The molecule has 0 atom stereocenters. The molecule has 1 aromatic carbocycles. The smallest absolute Gasteiger partial charge is 0.318 e. The summed E-state index contributed by atoms with van der Waals surface area (Å²) in [7, 11) is 0. The summed E-state index contributed by atoms with van der Waals surface area (Å²) >= 11 is 0. The first-order valence-electron chi connectivity index (χ1n) is 9.15. The van der Waals surface area contributed by atoms with Crippen LogP contribution < -0.4 is 5.32 Å². The van der Waals surface area contributed by atoms with E-state index in [0.29, 0.717) is 31.0 Å². The molecule has 1 aliphatic rings. The second-order valence-electron chi connectivity index (χ2n) is 6.78. The van der Waals surface area contributed by atoms with Crippen molar-refractivity contribution in [2.45, 2.75) is 45.3 Å². The molecule has 7 heteroatoms. The number of aryl methyl sites for hydroxylation is 2. The Bertz CT molecular complexity index is 839. The van der Waals surface area contributed by atoms with Crippen molar-refractivity contribution < 1.29 is 13.6 Å². The van der Waals surface area contributed by atoms with Crippen molar-refractivity contribution in [3.63, 3.8) is 0 Å². The number of amides is 2. The number of aromatic nitrogens is 2. The summed E-state index contributed by atoms with van der Waals surface area (Å²) in [6.45, 7) is 1.15. The predicted octanol–water partition coefficient (Wildman–Crippen LogP) is 3.45. The summed E-state index contributed by atoms with van der Waals surface area (Å²) in [5, 5.41) is 3.00. The van der Waals surface area contributed by atoms with Crippen molar-refractivity contribution in [3.05, 3.63) is 71.6 Å². The summed E-state index contributed by atoms with van der Waals surface area (Å²) in [6.07, 6.45) is 10.6. The molecule has 0 aliphatic heterocycles. The minimum atomic E-state index is -0.182. The van der Waals surface area contributed by atoms with Crippen LogP contribution in [0.2, 0.25) is 0 Å². The minimum absolute atomic E-state index is 0.182. The van der Waals surface area contributed by atoms with Gasteiger partial charge in [-0.15, -0.1) is 0 Å². The predicted molar refractivity (Wildman–Crippen MR) is 97.6 cm³/mol. The number of benzene rings is 1. The number of carbonyl (C=O) groups is 1. The minimum Gasteiger partial charge on any atom is -0.451 e. The number of hydrogen-bond donors (Lipinski definition) is 1. The Morgan fingerprint density at radius 3 is 2.30 bits per heavy atom. The Balaban J connectivity index is 1.41. The summed E-state index contributed by atoms with van der Waals surface area (Å²) in [5.41, 5.74) is 5.33. The molecule has 7 nitrogen and oxygen atoms in total. The number of fused-ring (bicyclic) bond motifs is 1. The van der Waals surface area contributed by atoms with Gasteiger partial charge in [0.05, 0.1) is 24.5 Å². The lowest BCUT2D eigenvalue weighted by Crippen LogP contribution is -2.39. The van der Waals surface area contributed by atoms with E-state index in [4.69, 9.17) is 8.83 Å². The summed E-state index contributed by atoms with van der Waals surface area (Å²) in [4.78, 5) is 22.6. The molecule has 3 aromatic rings. The molecule has 0 unspecified atom stereocenters. The highest BCUT2D eigenvalue weighted by Gasteiger charge is 2.17. The third-order valence-electron chi connectivity index (χ3n) is 4.82. The van der Waals surface area contributed by atoms with E-state index in [-0.39, 0.29) is 6.03 Å². The normalized spacial score (nSPS) is 13.2. The molecule has 0 spiro atoms. The SMILES string of the molecule is O=C(NCc1ccc2c(c1)CCCC2)N(Cc1cocn1)Cc1cocn1. The van der Waals surface area contributed by atoms with E-state index in [1.807, 2.05) is 0 Å². The fraction of sp³-hybridized carbons (Fsp3) is 0.350. The molecule has 27 heavy (non-hydrogen) atoms. The van der Waals surface area contributed by atoms with Gasteiger partial charge in [-0.3, -0.25) is 0 Å². The molecule has 1 aliphatic carbocycles. The summed E-state index contributed by atoms with van der Waals surface area (Å²) < 4.78 is 10.0. The van der Waals surface area contributed by atoms with E-state index < -0.39 is 0 Å². The number of nitrogens with zero attached hydrogens (tertiary/aromatic N) is 3.